The van der Waals surface area contributed by atoms with Crippen LogP contribution < -0.4 is 4.74 Å². The molecule has 2 aliphatic carbocycles. The number of benzene rings is 1. The molecule has 1 amide bonds. The van der Waals surface area contributed by atoms with Crippen LogP contribution in [-0.2, 0) is 23.7 Å². The van der Waals surface area contributed by atoms with Gasteiger partial charge in [-0.05, 0) is 50.1 Å². The van der Waals surface area contributed by atoms with E-state index in [1.54, 1.807) is 13.0 Å². The molecule has 1 aliphatic heterocycles. The van der Waals surface area contributed by atoms with Crippen molar-refractivity contribution >= 4 is 5.91 Å². The van der Waals surface area contributed by atoms with Gasteiger partial charge in [0.15, 0.2) is 0 Å². The highest BCUT2D eigenvalue weighted by molar-refractivity contribution is 5.86. The van der Waals surface area contributed by atoms with Crippen molar-refractivity contribution in [1.82, 2.24) is 4.90 Å². The maximum atomic E-state index is 14.3. The molecule has 248 valence electrons. The number of carbonyl (C=O) groups is 1. The molecule has 16 heteroatoms. The lowest BCUT2D eigenvalue weighted by Gasteiger charge is -2.46. The highest BCUT2D eigenvalue weighted by Gasteiger charge is 2.48. The van der Waals surface area contributed by atoms with Crippen LogP contribution in [0.15, 0.2) is 70.9 Å². The minimum absolute atomic E-state index is 0.110. The van der Waals surface area contributed by atoms with Crippen molar-refractivity contribution in [3.8, 4) is 5.75 Å². The van der Waals surface area contributed by atoms with Crippen LogP contribution in [0.3, 0.4) is 0 Å². The molecule has 3 atom stereocenters. The third-order valence-electron chi connectivity index (χ3n) is 7.52. The highest BCUT2D eigenvalue weighted by Crippen LogP contribution is 2.49. The summed E-state index contributed by atoms with van der Waals surface area (Å²) in [6.45, 7) is 2.77. The lowest BCUT2D eigenvalue weighted by Crippen LogP contribution is -2.49. The number of allylic oxidation sites excluding steroid dienone is 2. The number of amides is 1. The monoisotopic (exact) mass is 657 g/mol. The number of methoxy groups -OCH3 is 2. The normalized spacial score (nSPS) is 25.9. The van der Waals surface area contributed by atoms with Crippen LogP contribution in [-0.4, -0.2) is 56.3 Å². The zero-order valence-electron chi connectivity index (χ0n) is 24.2. The molecule has 0 radical (unpaired) electrons. The Labute approximate surface area is 251 Å². The van der Waals surface area contributed by atoms with Crippen LogP contribution in [0, 0.1) is 5.41 Å². The molecule has 45 heavy (non-hydrogen) atoms. The van der Waals surface area contributed by atoms with Gasteiger partial charge in [-0.3, -0.25) is 4.79 Å². The first-order valence-corrected chi connectivity index (χ1v) is 13.3. The zero-order chi connectivity index (χ0) is 33.6. The Bertz CT molecular complexity index is 1440. The van der Waals surface area contributed by atoms with Crippen molar-refractivity contribution in [1.29, 1.82) is 0 Å². The van der Waals surface area contributed by atoms with Crippen molar-refractivity contribution in [2.45, 2.75) is 63.8 Å². The molecule has 1 aromatic rings. The van der Waals surface area contributed by atoms with Crippen LogP contribution in [0.4, 0.5) is 39.5 Å². The zero-order valence-corrected chi connectivity index (χ0v) is 24.2. The van der Waals surface area contributed by atoms with E-state index in [-0.39, 0.29) is 24.3 Å². The first-order valence-electron chi connectivity index (χ1n) is 13.3. The van der Waals surface area contributed by atoms with Gasteiger partial charge in [-0.15, -0.1) is 39.5 Å². The van der Waals surface area contributed by atoms with Gasteiger partial charge in [-0.2, -0.15) is 0 Å². The van der Waals surface area contributed by atoms with Crippen LogP contribution >= 0.6 is 0 Å². The average molecular weight is 658 g/mol. The van der Waals surface area contributed by atoms with Crippen molar-refractivity contribution in [3.63, 3.8) is 0 Å². The van der Waals surface area contributed by atoms with Crippen LogP contribution in [0.5, 0.6) is 5.75 Å². The molecule has 0 bridgehead atoms. The summed E-state index contributed by atoms with van der Waals surface area (Å²) in [5, 5.41) is 0. The fourth-order valence-electron chi connectivity index (χ4n) is 5.79. The van der Waals surface area contributed by atoms with E-state index in [0.29, 0.717) is 18.1 Å². The average Bonchev–Trinajstić information content (AvgIpc) is 2.88. The minimum atomic E-state index is -5.31. The Hall–Kier alpha value is -3.82. The maximum absolute atomic E-state index is 14.3. The van der Waals surface area contributed by atoms with E-state index in [2.05, 4.69) is 14.2 Å². The largest absolute Gasteiger partial charge is 0.573 e. The molecular weight excluding hydrogens is 629 g/mol. The summed E-state index contributed by atoms with van der Waals surface area (Å²) in [4.78, 5) is 15.5. The lowest BCUT2D eigenvalue weighted by atomic mass is 9.75. The van der Waals surface area contributed by atoms with Gasteiger partial charge < -0.3 is 28.6 Å². The fraction of sp³-hybridized carbons (Fsp3) is 0.483. The van der Waals surface area contributed by atoms with Crippen molar-refractivity contribution in [2.24, 2.45) is 5.41 Å². The fourth-order valence-corrected chi connectivity index (χ4v) is 5.79. The van der Waals surface area contributed by atoms with Crippen LogP contribution in [0.25, 0.3) is 0 Å². The first-order chi connectivity index (χ1) is 20.6. The molecule has 0 N–H and O–H groups in total. The minimum Gasteiger partial charge on any atom is -0.497 e. The second kappa shape index (κ2) is 11.8. The van der Waals surface area contributed by atoms with Crippen molar-refractivity contribution < 1.29 is 68.0 Å². The molecule has 3 unspecified atom stereocenters. The molecule has 1 heterocycles. The summed E-state index contributed by atoms with van der Waals surface area (Å²) in [5.74, 6) is -3.47. The third-order valence-corrected chi connectivity index (χ3v) is 7.52. The van der Waals surface area contributed by atoms with Gasteiger partial charge >= 0.3 is 19.1 Å². The van der Waals surface area contributed by atoms with E-state index in [1.165, 1.54) is 31.3 Å². The van der Waals surface area contributed by atoms with Gasteiger partial charge in [0.05, 0.1) is 24.2 Å². The van der Waals surface area contributed by atoms with Crippen molar-refractivity contribution in [3.05, 3.63) is 76.5 Å². The topological polar surface area (TPSA) is 66.5 Å². The Kier molecular flexibility index (Phi) is 8.96. The number of hydrogen-bond donors (Lipinski definition) is 0. The van der Waals surface area contributed by atoms with Crippen molar-refractivity contribution in [2.75, 3.05) is 20.8 Å². The van der Waals surface area contributed by atoms with Gasteiger partial charge in [0.1, 0.15) is 23.0 Å². The summed E-state index contributed by atoms with van der Waals surface area (Å²) in [6, 6.07) is 3.55. The number of carbonyl (C=O) groups excluding carboxylic acids is 1. The summed E-state index contributed by atoms with van der Waals surface area (Å²) in [5.41, 5.74) is -1.72. The summed E-state index contributed by atoms with van der Waals surface area (Å²) >= 11 is 0. The van der Waals surface area contributed by atoms with Gasteiger partial charge in [0.2, 0.25) is 5.91 Å². The van der Waals surface area contributed by atoms with E-state index in [1.807, 2.05) is 0 Å². The van der Waals surface area contributed by atoms with Crippen LogP contribution in [0.2, 0.25) is 0 Å². The molecule has 1 aromatic carbocycles. The molecule has 0 saturated carbocycles. The number of halogens is 9. The van der Waals surface area contributed by atoms with Gasteiger partial charge in [-0.25, -0.2) is 0 Å². The molecule has 7 nitrogen and oxygen atoms in total. The molecule has 0 saturated heterocycles. The highest BCUT2D eigenvalue weighted by atomic mass is 19.4. The number of hydrogen-bond acceptors (Lipinski definition) is 6. The first kappa shape index (κ1) is 34.1. The van der Waals surface area contributed by atoms with Gasteiger partial charge in [0.25, 0.3) is 0 Å². The smallest absolute Gasteiger partial charge is 0.497 e. The van der Waals surface area contributed by atoms with E-state index >= 15 is 0 Å². The molecule has 4 rings (SSSR count). The second-order valence-corrected chi connectivity index (χ2v) is 11.0. The number of nitrogens with zero attached hydrogens (tertiary/aromatic N) is 1. The predicted molar refractivity (Wildman–Crippen MR) is 138 cm³/mol. The predicted octanol–water partition coefficient (Wildman–Crippen LogP) is 7.74. The number of ether oxygens (including phenoxy) is 5. The second-order valence-electron chi connectivity index (χ2n) is 11.0. The van der Waals surface area contributed by atoms with Crippen LogP contribution in [0.1, 0.15) is 44.7 Å². The Morgan fingerprint density at radius 1 is 0.889 bits per heavy atom. The van der Waals surface area contributed by atoms with E-state index in [4.69, 9.17) is 9.47 Å². The summed E-state index contributed by atoms with van der Waals surface area (Å²) < 4.78 is 141. The molecular formula is C29H28F9NO6. The third kappa shape index (κ3) is 8.07. The van der Waals surface area contributed by atoms with Gasteiger partial charge in [0, 0.05) is 38.1 Å². The quantitative estimate of drug-likeness (QED) is 0.280. The van der Waals surface area contributed by atoms with E-state index < -0.39 is 65.7 Å². The summed E-state index contributed by atoms with van der Waals surface area (Å²) in [7, 11) is 2.80. The summed E-state index contributed by atoms with van der Waals surface area (Å²) in [6.07, 6.45) is -13.2. The number of alkyl halides is 9. The molecule has 0 aromatic heterocycles. The SMILES string of the molecule is COC1=CC(C)(OC)CC2=C1C(c1cccc(OC(F)(F)F)c1)N(C(=O)C1(C)C=C(OC(F)(F)F)C=C(OC(F)(F)F)C1)CC2. The standard InChI is InChI=1S/C29H28F9NO6/c1-25(13-19(44-28(33,34)35)11-20(14-25)45-29(36,37)38)24(40)39-9-8-17-12-26(2,42-4)15-21(41-3)22(17)23(39)16-6-5-7-18(10-16)43-27(30,31)32/h5-7,10-11,13,15,23H,8-9,12,14H2,1-4H3. The molecule has 3 aliphatic rings. The maximum Gasteiger partial charge on any atom is 0.573 e. The van der Waals surface area contributed by atoms with E-state index in [9.17, 15) is 44.3 Å². The lowest BCUT2D eigenvalue weighted by molar-refractivity contribution is -0.310. The Balaban J connectivity index is 1.85. The Morgan fingerprint density at radius 2 is 1.53 bits per heavy atom. The molecule has 0 spiro atoms. The van der Waals surface area contributed by atoms with Gasteiger partial charge in [-0.1, -0.05) is 17.7 Å². The van der Waals surface area contributed by atoms with E-state index in [0.717, 1.165) is 30.7 Å². The Morgan fingerprint density at radius 3 is 2.11 bits per heavy atom. The molecule has 0 fully saturated rings. The number of rotatable bonds is 7.